The molecular formula is C30H32N4O4S2. The molecule has 1 amide bonds. The predicted octanol–water partition coefficient (Wildman–Crippen LogP) is 6.50. The maximum absolute atomic E-state index is 14.0. The van der Waals surface area contributed by atoms with Crippen molar-refractivity contribution in [3.8, 4) is 0 Å². The van der Waals surface area contributed by atoms with Gasteiger partial charge < -0.3 is 15.0 Å². The Morgan fingerprint density at radius 3 is 2.45 bits per heavy atom. The van der Waals surface area contributed by atoms with Gasteiger partial charge in [0.15, 0.2) is 11.0 Å². The predicted molar refractivity (Wildman–Crippen MR) is 162 cm³/mol. The summed E-state index contributed by atoms with van der Waals surface area (Å²) in [7, 11) is 3.39. The summed E-state index contributed by atoms with van der Waals surface area (Å²) in [6, 6.07) is 12.4. The van der Waals surface area contributed by atoms with Crippen LogP contribution in [-0.4, -0.2) is 53.3 Å². The van der Waals surface area contributed by atoms with Crippen LogP contribution in [0.25, 0.3) is 0 Å². The van der Waals surface area contributed by atoms with Crippen molar-refractivity contribution in [3.63, 3.8) is 0 Å². The van der Waals surface area contributed by atoms with Crippen molar-refractivity contribution < 1.29 is 19.1 Å². The van der Waals surface area contributed by atoms with Crippen molar-refractivity contribution in [1.82, 2.24) is 9.80 Å². The summed E-state index contributed by atoms with van der Waals surface area (Å²) in [6.45, 7) is 4.50. The van der Waals surface area contributed by atoms with E-state index in [1.54, 1.807) is 40.9 Å². The molecular weight excluding hydrogens is 544 g/mol. The number of hydrogen-bond acceptors (Lipinski definition) is 9. The van der Waals surface area contributed by atoms with E-state index in [-0.39, 0.29) is 18.2 Å². The van der Waals surface area contributed by atoms with Gasteiger partial charge in [-0.3, -0.25) is 14.5 Å². The maximum Gasteiger partial charge on any atom is 0.337 e. The van der Waals surface area contributed by atoms with Gasteiger partial charge in [-0.25, -0.2) is 9.79 Å². The number of carbonyl (C=O) groups excluding carboxylic acids is 3. The van der Waals surface area contributed by atoms with E-state index in [1.165, 1.54) is 42.8 Å². The summed E-state index contributed by atoms with van der Waals surface area (Å²) in [5.41, 5.74) is 4.57. The zero-order valence-electron chi connectivity index (χ0n) is 23.1. The summed E-state index contributed by atoms with van der Waals surface area (Å²) in [5, 5.41) is 4.81. The number of ether oxygens (including phenoxy) is 1. The number of amidine groups is 1. The summed E-state index contributed by atoms with van der Waals surface area (Å²) in [6.07, 6.45) is 4.40. The van der Waals surface area contributed by atoms with Gasteiger partial charge in [0.25, 0.3) is 5.91 Å². The van der Waals surface area contributed by atoms with E-state index >= 15 is 0 Å². The number of anilines is 1. The highest BCUT2D eigenvalue weighted by Gasteiger charge is 2.40. The number of methoxy groups -OCH3 is 1. The van der Waals surface area contributed by atoms with Gasteiger partial charge in [-0.05, 0) is 87.2 Å². The number of benzene rings is 2. The Kier molecular flexibility index (Phi) is 8.37. The van der Waals surface area contributed by atoms with Crippen molar-refractivity contribution in [1.29, 1.82) is 0 Å². The van der Waals surface area contributed by atoms with E-state index in [0.29, 0.717) is 33.4 Å². The molecule has 0 atom stereocenters. The molecule has 8 nitrogen and oxygen atoms in total. The van der Waals surface area contributed by atoms with Crippen LogP contribution in [0, 0.1) is 0 Å². The first kappa shape index (κ1) is 28.0. The molecule has 2 heterocycles. The van der Waals surface area contributed by atoms with Gasteiger partial charge in [0.2, 0.25) is 0 Å². The monoisotopic (exact) mass is 576 g/mol. The van der Waals surface area contributed by atoms with Gasteiger partial charge in [-0.1, -0.05) is 23.9 Å². The van der Waals surface area contributed by atoms with Gasteiger partial charge in [-0.2, -0.15) is 0 Å². The number of hydrogen-bond donors (Lipinski definition) is 1. The Balaban J connectivity index is 1.55. The molecule has 0 spiro atoms. The smallest absolute Gasteiger partial charge is 0.337 e. The minimum atomic E-state index is -0.410. The molecule has 208 valence electrons. The zero-order chi connectivity index (χ0) is 28.4. The fourth-order valence-corrected chi connectivity index (χ4v) is 7.44. The van der Waals surface area contributed by atoms with E-state index in [0.717, 1.165) is 35.5 Å². The Labute approximate surface area is 242 Å². The molecule has 3 aliphatic rings. The van der Waals surface area contributed by atoms with Crippen LogP contribution < -0.4 is 5.32 Å². The highest BCUT2D eigenvalue weighted by atomic mass is 32.2. The quantitative estimate of drug-likeness (QED) is 0.227. The molecule has 0 radical (unpaired) electrons. The lowest BCUT2D eigenvalue weighted by molar-refractivity contribution is -0.122. The van der Waals surface area contributed by atoms with Crippen molar-refractivity contribution in [3.05, 3.63) is 79.7 Å². The van der Waals surface area contributed by atoms with E-state index < -0.39 is 5.97 Å². The SMILES string of the molecule is CCNc1ccc(C(C)=O)cc1N=C1S/C(=C2\SC3=C(CCCC3)N2C)C(=O)N1Cc1ccc(C(=O)OC)cc1. The lowest BCUT2D eigenvalue weighted by Crippen LogP contribution is -2.29. The molecule has 2 aromatic rings. The molecule has 1 N–H and O–H groups in total. The number of rotatable bonds is 7. The average Bonchev–Trinajstić information content (AvgIpc) is 3.45. The normalized spacial score (nSPS) is 19.9. The highest BCUT2D eigenvalue weighted by Crippen LogP contribution is 2.51. The third-order valence-electron chi connectivity index (χ3n) is 7.08. The third-order valence-corrected chi connectivity index (χ3v) is 9.63. The van der Waals surface area contributed by atoms with Crippen LogP contribution in [0.2, 0.25) is 0 Å². The highest BCUT2D eigenvalue weighted by molar-refractivity contribution is 8.19. The maximum atomic E-state index is 14.0. The zero-order valence-corrected chi connectivity index (χ0v) is 24.7. The molecule has 0 bridgehead atoms. The van der Waals surface area contributed by atoms with Crippen LogP contribution in [0.15, 0.2) is 68.0 Å². The van der Waals surface area contributed by atoms with Crippen LogP contribution in [0.4, 0.5) is 11.4 Å². The Morgan fingerprint density at radius 2 is 1.77 bits per heavy atom. The molecule has 10 heteroatoms. The van der Waals surface area contributed by atoms with Gasteiger partial charge in [-0.15, -0.1) is 0 Å². The second-order valence-corrected chi connectivity index (χ2v) is 11.8. The third kappa shape index (κ3) is 5.55. The molecule has 0 saturated carbocycles. The number of ketones is 1. The minimum absolute atomic E-state index is 0.0503. The number of carbonyl (C=O) groups is 3. The fraction of sp³-hybridized carbons (Fsp3) is 0.333. The first-order chi connectivity index (χ1) is 19.3. The molecule has 5 rings (SSSR count). The van der Waals surface area contributed by atoms with E-state index in [1.807, 2.05) is 32.2 Å². The molecule has 2 aliphatic heterocycles. The molecule has 1 fully saturated rings. The van der Waals surface area contributed by atoms with Gasteiger partial charge in [0.1, 0.15) is 4.91 Å². The molecule has 0 unspecified atom stereocenters. The van der Waals surface area contributed by atoms with Crippen molar-refractivity contribution in [2.75, 3.05) is 26.0 Å². The fourth-order valence-electron chi connectivity index (χ4n) is 4.92. The van der Waals surface area contributed by atoms with E-state index in [4.69, 9.17) is 9.73 Å². The number of amides is 1. The average molecular weight is 577 g/mol. The number of thioether (sulfide) groups is 2. The Morgan fingerprint density at radius 1 is 1.05 bits per heavy atom. The van der Waals surface area contributed by atoms with E-state index in [2.05, 4.69) is 10.2 Å². The number of Topliss-reactive ketones (excluding diaryl/α,β-unsaturated/α-hetero) is 1. The Hall–Kier alpha value is -3.50. The van der Waals surface area contributed by atoms with Gasteiger partial charge >= 0.3 is 5.97 Å². The lowest BCUT2D eigenvalue weighted by atomic mass is 10.0. The Bertz CT molecular complexity index is 1460. The molecule has 1 saturated heterocycles. The standard InChI is InChI=1S/C30H32N4O4S2/c1-5-31-22-15-14-21(18(2)35)16-23(22)32-30-34(17-19-10-12-20(13-11-19)29(37)38-4)27(36)26(40-30)28-33(3)24-8-6-7-9-25(24)39-28/h10-16,31H,5-9,17H2,1-4H3/b28-26-,32-30?. The topological polar surface area (TPSA) is 91.3 Å². The number of esters is 1. The van der Waals surface area contributed by atoms with Crippen LogP contribution in [0.5, 0.6) is 0 Å². The van der Waals surface area contributed by atoms with Crippen LogP contribution in [0.1, 0.15) is 65.8 Å². The first-order valence-electron chi connectivity index (χ1n) is 13.3. The number of aliphatic imine (C=N–C) groups is 1. The molecule has 2 aromatic carbocycles. The minimum Gasteiger partial charge on any atom is -0.465 e. The van der Waals surface area contributed by atoms with Crippen LogP contribution in [0.3, 0.4) is 0 Å². The molecule has 0 aromatic heterocycles. The summed E-state index contributed by atoms with van der Waals surface area (Å²) in [5.74, 6) is -0.568. The summed E-state index contributed by atoms with van der Waals surface area (Å²) < 4.78 is 4.82. The summed E-state index contributed by atoms with van der Waals surface area (Å²) in [4.78, 5) is 48.9. The van der Waals surface area contributed by atoms with Crippen LogP contribution >= 0.6 is 23.5 Å². The lowest BCUT2D eigenvalue weighted by Gasteiger charge is -2.20. The first-order valence-corrected chi connectivity index (χ1v) is 15.0. The second kappa shape index (κ2) is 11.9. The number of nitrogens with one attached hydrogen (secondary N) is 1. The van der Waals surface area contributed by atoms with Crippen molar-refractivity contribution in [2.45, 2.75) is 46.1 Å². The van der Waals surface area contributed by atoms with Gasteiger partial charge in [0, 0.05) is 29.8 Å². The van der Waals surface area contributed by atoms with Crippen molar-refractivity contribution >= 4 is 57.7 Å². The van der Waals surface area contributed by atoms with Crippen molar-refractivity contribution in [2.24, 2.45) is 4.99 Å². The number of allylic oxidation sites excluding steroid dienone is 2. The van der Waals surface area contributed by atoms with Gasteiger partial charge in [0.05, 0.1) is 35.6 Å². The second-order valence-electron chi connectivity index (χ2n) is 9.77. The molecule has 40 heavy (non-hydrogen) atoms. The number of nitrogens with zero attached hydrogens (tertiary/aromatic N) is 3. The molecule has 1 aliphatic carbocycles. The van der Waals surface area contributed by atoms with Crippen LogP contribution in [-0.2, 0) is 16.1 Å². The summed E-state index contributed by atoms with van der Waals surface area (Å²) >= 11 is 3.07. The largest absolute Gasteiger partial charge is 0.465 e. The van der Waals surface area contributed by atoms with E-state index in [9.17, 15) is 14.4 Å².